The largest absolute Gasteiger partial charge is 0.378 e. The zero-order valence-electron chi connectivity index (χ0n) is 10.9. The fourth-order valence-electron chi connectivity index (χ4n) is 2.24. The standard InChI is InChI=1S/C14H17N5/c1-2-6-19-10-15-8-12(19)9-16-13-5-3-4-11-7-17-18-14(11)13/h3-5,7-8,10,16H,2,6,9H2,1H3,(H,17,18). The summed E-state index contributed by atoms with van der Waals surface area (Å²) in [6.07, 6.45) is 6.74. The van der Waals surface area contributed by atoms with E-state index in [4.69, 9.17) is 0 Å². The number of aryl methyl sites for hydroxylation is 1. The van der Waals surface area contributed by atoms with Gasteiger partial charge in [-0.25, -0.2) is 4.98 Å². The number of rotatable bonds is 5. The van der Waals surface area contributed by atoms with Gasteiger partial charge in [0.1, 0.15) is 0 Å². The number of aromatic nitrogens is 4. The maximum Gasteiger partial charge on any atom is 0.0948 e. The Morgan fingerprint density at radius 1 is 1.32 bits per heavy atom. The van der Waals surface area contributed by atoms with E-state index in [0.29, 0.717) is 0 Å². The van der Waals surface area contributed by atoms with Gasteiger partial charge in [0.05, 0.1) is 36.0 Å². The molecular formula is C14H17N5. The Balaban J connectivity index is 1.78. The van der Waals surface area contributed by atoms with E-state index in [-0.39, 0.29) is 0 Å². The third kappa shape index (κ3) is 2.31. The number of aromatic amines is 1. The van der Waals surface area contributed by atoms with E-state index in [1.807, 2.05) is 30.9 Å². The summed E-state index contributed by atoms with van der Waals surface area (Å²) in [7, 11) is 0. The number of hydrogen-bond acceptors (Lipinski definition) is 3. The Bertz CT molecular complexity index is 667. The first-order valence-corrected chi connectivity index (χ1v) is 6.53. The second-order valence-electron chi connectivity index (χ2n) is 4.57. The normalized spacial score (nSPS) is 11.0. The fourth-order valence-corrected chi connectivity index (χ4v) is 2.24. The monoisotopic (exact) mass is 255 g/mol. The summed E-state index contributed by atoms with van der Waals surface area (Å²) in [4.78, 5) is 4.21. The Morgan fingerprint density at radius 3 is 3.16 bits per heavy atom. The number of hydrogen-bond donors (Lipinski definition) is 2. The van der Waals surface area contributed by atoms with Gasteiger partial charge >= 0.3 is 0 Å². The topological polar surface area (TPSA) is 58.5 Å². The van der Waals surface area contributed by atoms with Crippen molar-refractivity contribution in [2.24, 2.45) is 0 Å². The quantitative estimate of drug-likeness (QED) is 0.737. The first kappa shape index (κ1) is 11.8. The first-order valence-electron chi connectivity index (χ1n) is 6.53. The Kier molecular flexibility index (Phi) is 3.18. The molecule has 1 aromatic carbocycles. The highest BCUT2D eigenvalue weighted by Crippen LogP contribution is 2.21. The molecule has 3 rings (SSSR count). The van der Waals surface area contributed by atoms with E-state index in [1.54, 1.807) is 0 Å². The number of fused-ring (bicyclic) bond motifs is 1. The number of nitrogens with zero attached hydrogens (tertiary/aromatic N) is 3. The average molecular weight is 255 g/mol. The maximum atomic E-state index is 4.21. The number of H-pyrrole nitrogens is 1. The highest BCUT2D eigenvalue weighted by atomic mass is 15.1. The smallest absolute Gasteiger partial charge is 0.0948 e. The van der Waals surface area contributed by atoms with Crippen molar-refractivity contribution in [1.29, 1.82) is 0 Å². The van der Waals surface area contributed by atoms with E-state index in [2.05, 4.69) is 38.1 Å². The van der Waals surface area contributed by atoms with E-state index in [9.17, 15) is 0 Å². The summed E-state index contributed by atoms with van der Waals surface area (Å²) in [5.41, 5.74) is 3.31. The van der Waals surface area contributed by atoms with Crippen LogP contribution in [0.2, 0.25) is 0 Å². The SMILES string of the molecule is CCCn1cncc1CNc1cccc2cn[nH]c12. The molecule has 3 aromatic rings. The van der Waals surface area contributed by atoms with Crippen molar-refractivity contribution in [2.75, 3.05) is 5.32 Å². The zero-order valence-corrected chi connectivity index (χ0v) is 10.9. The van der Waals surface area contributed by atoms with Crippen LogP contribution in [0.15, 0.2) is 36.9 Å². The summed E-state index contributed by atoms with van der Waals surface area (Å²) in [6, 6.07) is 6.13. The molecule has 0 bridgehead atoms. The number of nitrogens with one attached hydrogen (secondary N) is 2. The third-order valence-electron chi connectivity index (χ3n) is 3.20. The molecule has 2 aromatic heterocycles. The van der Waals surface area contributed by atoms with Crippen LogP contribution in [-0.4, -0.2) is 19.7 Å². The first-order chi connectivity index (χ1) is 9.38. The number of benzene rings is 1. The van der Waals surface area contributed by atoms with Crippen molar-refractivity contribution >= 4 is 16.6 Å². The van der Waals surface area contributed by atoms with Crippen molar-refractivity contribution in [3.63, 3.8) is 0 Å². The predicted molar refractivity (Wildman–Crippen MR) is 75.9 cm³/mol. The second-order valence-corrected chi connectivity index (χ2v) is 4.57. The van der Waals surface area contributed by atoms with Crippen LogP contribution in [0.3, 0.4) is 0 Å². The summed E-state index contributed by atoms with van der Waals surface area (Å²) >= 11 is 0. The highest BCUT2D eigenvalue weighted by Gasteiger charge is 2.04. The summed E-state index contributed by atoms with van der Waals surface area (Å²) < 4.78 is 2.18. The molecule has 98 valence electrons. The lowest BCUT2D eigenvalue weighted by Gasteiger charge is -2.09. The van der Waals surface area contributed by atoms with Crippen LogP contribution >= 0.6 is 0 Å². The fraction of sp³-hybridized carbons (Fsp3) is 0.286. The van der Waals surface area contributed by atoms with Gasteiger partial charge in [-0.05, 0) is 12.5 Å². The van der Waals surface area contributed by atoms with Crippen LogP contribution in [0.25, 0.3) is 10.9 Å². The average Bonchev–Trinajstić information content (AvgIpc) is 3.05. The molecular weight excluding hydrogens is 238 g/mol. The van der Waals surface area contributed by atoms with Crippen molar-refractivity contribution in [1.82, 2.24) is 19.7 Å². The molecule has 0 unspecified atom stereocenters. The summed E-state index contributed by atoms with van der Waals surface area (Å²) in [6.45, 7) is 3.94. The lowest BCUT2D eigenvalue weighted by atomic mass is 10.2. The Morgan fingerprint density at radius 2 is 2.26 bits per heavy atom. The van der Waals surface area contributed by atoms with E-state index >= 15 is 0 Å². The van der Waals surface area contributed by atoms with Gasteiger partial charge in [-0.15, -0.1) is 0 Å². The Hall–Kier alpha value is -2.30. The van der Waals surface area contributed by atoms with Crippen LogP contribution in [-0.2, 0) is 13.1 Å². The minimum Gasteiger partial charge on any atom is -0.378 e. The van der Waals surface area contributed by atoms with Crippen LogP contribution in [0.4, 0.5) is 5.69 Å². The molecule has 0 atom stereocenters. The van der Waals surface area contributed by atoms with Crippen molar-refractivity contribution in [3.8, 4) is 0 Å². The molecule has 19 heavy (non-hydrogen) atoms. The van der Waals surface area contributed by atoms with E-state index < -0.39 is 0 Å². The lowest BCUT2D eigenvalue weighted by molar-refractivity contribution is 0.651. The summed E-state index contributed by atoms with van der Waals surface area (Å²) in [5.74, 6) is 0. The van der Waals surface area contributed by atoms with Gasteiger partial charge < -0.3 is 9.88 Å². The molecule has 2 N–H and O–H groups in total. The van der Waals surface area contributed by atoms with Gasteiger partial charge in [0.2, 0.25) is 0 Å². The zero-order chi connectivity index (χ0) is 13.1. The maximum absolute atomic E-state index is 4.21. The van der Waals surface area contributed by atoms with E-state index in [0.717, 1.165) is 36.1 Å². The van der Waals surface area contributed by atoms with Gasteiger partial charge in [-0.1, -0.05) is 19.1 Å². The van der Waals surface area contributed by atoms with Gasteiger partial charge in [-0.3, -0.25) is 5.10 Å². The minimum atomic E-state index is 0.762. The van der Waals surface area contributed by atoms with Crippen LogP contribution < -0.4 is 5.32 Å². The van der Waals surface area contributed by atoms with Crippen molar-refractivity contribution < 1.29 is 0 Å². The minimum absolute atomic E-state index is 0.762. The molecule has 5 nitrogen and oxygen atoms in total. The van der Waals surface area contributed by atoms with Crippen LogP contribution in [0.1, 0.15) is 19.0 Å². The molecule has 0 fully saturated rings. The number of para-hydroxylation sites is 1. The van der Waals surface area contributed by atoms with Crippen molar-refractivity contribution in [3.05, 3.63) is 42.6 Å². The third-order valence-corrected chi connectivity index (χ3v) is 3.20. The molecule has 0 aliphatic heterocycles. The van der Waals surface area contributed by atoms with Gasteiger partial charge in [-0.2, -0.15) is 5.10 Å². The molecule has 0 amide bonds. The molecule has 0 aliphatic rings. The highest BCUT2D eigenvalue weighted by molar-refractivity contribution is 5.89. The van der Waals surface area contributed by atoms with Gasteiger partial charge in [0.25, 0.3) is 0 Å². The molecule has 0 spiro atoms. The molecule has 0 radical (unpaired) electrons. The summed E-state index contributed by atoms with van der Waals surface area (Å²) in [5, 5.41) is 11.7. The van der Waals surface area contributed by atoms with Gasteiger partial charge in [0.15, 0.2) is 0 Å². The van der Waals surface area contributed by atoms with Gasteiger partial charge in [0, 0.05) is 18.1 Å². The molecule has 2 heterocycles. The number of anilines is 1. The van der Waals surface area contributed by atoms with E-state index in [1.165, 1.54) is 5.69 Å². The molecule has 0 aliphatic carbocycles. The predicted octanol–water partition coefficient (Wildman–Crippen LogP) is 2.78. The molecule has 0 saturated heterocycles. The second kappa shape index (κ2) is 5.14. The van der Waals surface area contributed by atoms with Crippen molar-refractivity contribution in [2.45, 2.75) is 26.4 Å². The van der Waals surface area contributed by atoms with Crippen LogP contribution in [0.5, 0.6) is 0 Å². The lowest BCUT2D eigenvalue weighted by Crippen LogP contribution is -2.07. The molecule has 0 saturated carbocycles. The van der Waals surface area contributed by atoms with Crippen LogP contribution in [0, 0.1) is 0 Å². The number of imidazole rings is 1. The Labute approximate surface area is 111 Å². The molecule has 5 heteroatoms.